The number of likely N-dealkylation sites (tertiary alicyclic amines) is 1. The molecule has 26 heavy (non-hydrogen) atoms. The number of anilines is 2. The van der Waals surface area contributed by atoms with Gasteiger partial charge in [0.25, 0.3) is 5.89 Å². The molecule has 10 nitrogen and oxygen atoms in total. The molecule has 0 atom stereocenters. The number of amides is 2. The number of aryl methyl sites for hydroxylation is 2. The monoisotopic (exact) mass is 361 g/mol. The Balaban J connectivity index is 1.48. The minimum atomic E-state index is -0.189. The Labute approximate surface area is 151 Å². The summed E-state index contributed by atoms with van der Waals surface area (Å²) in [5.41, 5.74) is 1.37. The molecule has 2 aromatic heterocycles. The first kappa shape index (κ1) is 18.1. The predicted molar refractivity (Wildman–Crippen MR) is 93.9 cm³/mol. The van der Waals surface area contributed by atoms with E-state index in [2.05, 4.69) is 25.7 Å². The molecule has 0 aliphatic carbocycles. The summed E-state index contributed by atoms with van der Waals surface area (Å²) in [6.45, 7) is 5.06. The summed E-state index contributed by atoms with van der Waals surface area (Å²) in [5, 5.41) is 14.8. The first-order valence-electron chi connectivity index (χ1n) is 8.47. The molecule has 10 heteroatoms. The van der Waals surface area contributed by atoms with Crippen molar-refractivity contribution < 1.29 is 14.1 Å². The number of ether oxygens (including phenoxy) is 1. The van der Waals surface area contributed by atoms with Gasteiger partial charge in [-0.3, -0.25) is 0 Å². The van der Waals surface area contributed by atoms with Crippen molar-refractivity contribution in [1.29, 1.82) is 0 Å². The van der Waals surface area contributed by atoms with E-state index in [1.807, 2.05) is 27.9 Å². The number of rotatable bonds is 6. The largest absolute Gasteiger partial charge is 0.365 e. The first-order chi connectivity index (χ1) is 12.5. The van der Waals surface area contributed by atoms with Crippen LogP contribution in [0.15, 0.2) is 10.6 Å². The fraction of sp³-hybridized carbons (Fsp3) is 0.562. The molecule has 1 aliphatic heterocycles. The molecule has 1 saturated heterocycles. The van der Waals surface area contributed by atoms with Gasteiger partial charge >= 0.3 is 6.03 Å². The van der Waals surface area contributed by atoms with Gasteiger partial charge in [-0.1, -0.05) is 12.1 Å². The molecule has 3 heterocycles. The van der Waals surface area contributed by atoms with Crippen molar-refractivity contribution in [3.8, 4) is 0 Å². The number of hydrogen-bond donors (Lipinski definition) is 1. The molecule has 140 valence electrons. The molecule has 0 radical (unpaired) electrons. The third-order valence-corrected chi connectivity index (χ3v) is 3.97. The average molecular weight is 361 g/mol. The van der Waals surface area contributed by atoms with Crippen molar-refractivity contribution in [2.75, 3.05) is 37.4 Å². The summed E-state index contributed by atoms with van der Waals surface area (Å²) in [5.74, 6) is 1.73. The van der Waals surface area contributed by atoms with Crippen molar-refractivity contribution in [1.82, 2.24) is 25.2 Å². The maximum absolute atomic E-state index is 12.4. The van der Waals surface area contributed by atoms with E-state index in [1.165, 1.54) is 0 Å². The maximum atomic E-state index is 12.4. The zero-order valence-corrected chi connectivity index (χ0v) is 15.4. The molecule has 0 unspecified atom stereocenters. The SMILES string of the molecule is CCc1noc(COC2CN(C(=O)Nc3cc(C)nnc3N(C)C)C2)n1. The normalized spacial score (nSPS) is 14.2. The summed E-state index contributed by atoms with van der Waals surface area (Å²) in [4.78, 5) is 20.1. The van der Waals surface area contributed by atoms with Crippen LogP contribution in [-0.4, -0.2) is 64.6 Å². The van der Waals surface area contributed by atoms with Crippen molar-refractivity contribution in [2.45, 2.75) is 33.0 Å². The number of hydrogen-bond acceptors (Lipinski definition) is 8. The molecule has 0 bridgehead atoms. The molecule has 0 spiro atoms. The Morgan fingerprint density at radius 3 is 2.85 bits per heavy atom. The molecule has 1 N–H and O–H groups in total. The Morgan fingerprint density at radius 1 is 1.42 bits per heavy atom. The van der Waals surface area contributed by atoms with Gasteiger partial charge in [0, 0.05) is 20.5 Å². The molecule has 2 amide bonds. The Bertz CT molecular complexity index is 771. The van der Waals surface area contributed by atoms with Crippen LogP contribution in [0.25, 0.3) is 0 Å². The molecular weight excluding hydrogens is 338 g/mol. The van der Waals surface area contributed by atoms with Crippen LogP contribution in [0, 0.1) is 6.92 Å². The van der Waals surface area contributed by atoms with E-state index in [-0.39, 0.29) is 18.7 Å². The van der Waals surface area contributed by atoms with Gasteiger partial charge in [0.2, 0.25) is 0 Å². The fourth-order valence-corrected chi connectivity index (χ4v) is 2.49. The van der Waals surface area contributed by atoms with Crippen molar-refractivity contribution >= 4 is 17.5 Å². The second kappa shape index (κ2) is 7.65. The summed E-state index contributed by atoms with van der Waals surface area (Å²) < 4.78 is 10.8. The molecule has 1 fully saturated rings. The van der Waals surface area contributed by atoms with Crippen LogP contribution in [0.4, 0.5) is 16.3 Å². The lowest BCUT2D eigenvalue weighted by atomic mass is 10.2. The van der Waals surface area contributed by atoms with Gasteiger partial charge in [0.05, 0.1) is 30.6 Å². The van der Waals surface area contributed by atoms with E-state index < -0.39 is 0 Å². The number of aromatic nitrogens is 4. The second-order valence-corrected chi connectivity index (χ2v) is 6.34. The highest BCUT2D eigenvalue weighted by Gasteiger charge is 2.32. The van der Waals surface area contributed by atoms with Crippen molar-refractivity contribution in [3.05, 3.63) is 23.5 Å². The highest BCUT2D eigenvalue weighted by atomic mass is 16.5. The lowest BCUT2D eigenvalue weighted by Gasteiger charge is -2.38. The molecule has 1 aliphatic rings. The lowest BCUT2D eigenvalue weighted by molar-refractivity contribution is -0.0496. The quantitative estimate of drug-likeness (QED) is 0.818. The minimum absolute atomic E-state index is 0.0386. The van der Waals surface area contributed by atoms with Gasteiger partial charge in [-0.05, 0) is 13.0 Å². The average Bonchev–Trinajstić information content (AvgIpc) is 3.01. The summed E-state index contributed by atoms with van der Waals surface area (Å²) >= 11 is 0. The van der Waals surface area contributed by atoms with Crippen LogP contribution >= 0.6 is 0 Å². The minimum Gasteiger partial charge on any atom is -0.365 e. The van der Waals surface area contributed by atoms with Crippen LogP contribution in [0.2, 0.25) is 0 Å². The van der Waals surface area contributed by atoms with Crippen molar-refractivity contribution in [2.24, 2.45) is 0 Å². The van der Waals surface area contributed by atoms with Crippen LogP contribution in [0.5, 0.6) is 0 Å². The predicted octanol–water partition coefficient (Wildman–Crippen LogP) is 1.23. The highest BCUT2D eigenvalue weighted by molar-refractivity contribution is 5.92. The Morgan fingerprint density at radius 2 is 2.19 bits per heavy atom. The van der Waals surface area contributed by atoms with E-state index in [4.69, 9.17) is 9.26 Å². The molecule has 0 aromatic carbocycles. The third-order valence-electron chi connectivity index (χ3n) is 3.97. The number of carbonyl (C=O) groups is 1. The van der Waals surface area contributed by atoms with E-state index in [0.717, 1.165) is 12.1 Å². The Kier molecular flexibility index (Phi) is 5.31. The van der Waals surface area contributed by atoms with Gasteiger partial charge in [0.1, 0.15) is 6.61 Å². The molecular formula is C16H23N7O3. The molecule has 2 aromatic rings. The topological polar surface area (TPSA) is 110 Å². The first-order valence-corrected chi connectivity index (χ1v) is 8.47. The van der Waals surface area contributed by atoms with Gasteiger partial charge in [-0.2, -0.15) is 10.1 Å². The van der Waals surface area contributed by atoms with E-state index in [0.29, 0.717) is 36.3 Å². The van der Waals surface area contributed by atoms with Gasteiger partial charge < -0.3 is 24.4 Å². The Hall–Kier alpha value is -2.75. The number of nitrogens with one attached hydrogen (secondary N) is 1. The summed E-state index contributed by atoms with van der Waals surface area (Å²) in [6.07, 6.45) is 0.683. The van der Waals surface area contributed by atoms with Crippen molar-refractivity contribution in [3.63, 3.8) is 0 Å². The van der Waals surface area contributed by atoms with Gasteiger partial charge in [0.15, 0.2) is 11.6 Å². The lowest BCUT2D eigenvalue weighted by Crippen LogP contribution is -2.56. The number of carbonyl (C=O) groups excluding carboxylic acids is 1. The van der Waals surface area contributed by atoms with Crippen LogP contribution in [-0.2, 0) is 17.8 Å². The zero-order valence-electron chi connectivity index (χ0n) is 15.4. The number of nitrogens with zero attached hydrogens (tertiary/aromatic N) is 6. The molecule has 0 saturated carbocycles. The van der Waals surface area contributed by atoms with E-state index >= 15 is 0 Å². The smallest absolute Gasteiger partial charge is 0.322 e. The second-order valence-electron chi connectivity index (χ2n) is 6.34. The molecule has 3 rings (SSSR count). The maximum Gasteiger partial charge on any atom is 0.322 e. The summed E-state index contributed by atoms with van der Waals surface area (Å²) in [6, 6.07) is 1.61. The third kappa shape index (κ3) is 4.07. The van der Waals surface area contributed by atoms with E-state index in [9.17, 15) is 4.79 Å². The van der Waals surface area contributed by atoms with E-state index in [1.54, 1.807) is 15.9 Å². The zero-order chi connectivity index (χ0) is 18.7. The summed E-state index contributed by atoms with van der Waals surface area (Å²) in [7, 11) is 3.70. The van der Waals surface area contributed by atoms with Crippen LogP contribution < -0.4 is 10.2 Å². The standard InChI is InChI=1S/C16H23N7O3/c1-5-13-18-14(26-21-13)9-25-11-7-23(8-11)16(24)17-12-6-10(2)19-20-15(12)22(3)4/h6,11H,5,7-9H2,1-4H3,(H,17,19,24). The van der Waals surface area contributed by atoms with Gasteiger partial charge in [-0.25, -0.2) is 4.79 Å². The van der Waals surface area contributed by atoms with Crippen LogP contribution in [0.3, 0.4) is 0 Å². The number of urea groups is 1. The fourth-order valence-electron chi connectivity index (χ4n) is 2.49. The van der Waals surface area contributed by atoms with Gasteiger partial charge in [-0.15, -0.1) is 5.10 Å². The highest BCUT2D eigenvalue weighted by Crippen LogP contribution is 2.23. The van der Waals surface area contributed by atoms with Crippen LogP contribution in [0.1, 0.15) is 24.3 Å².